The van der Waals surface area contributed by atoms with E-state index in [1.54, 1.807) is 6.20 Å². The normalized spacial score (nSPS) is 17.0. The van der Waals surface area contributed by atoms with Crippen molar-refractivity contribution < 1.29 is 0 Å². The molecule has 110 valence electrons. The molecular weight excluding hydrogens is 303 g/mol. The summed E-state index contributed by atoms with van der Waals surface area (Å²) in [5, 5.41) is 0.984. The number of likely N-dealkylation sites (tertiary alicyclic amines) is 1. The van der Waals surface area contributed by atoms with Gasteiger partial charge in [0, 0.05) is 12.7 Å². The summed E-state index contributed by atoms with van der Waals surface area (Å²) in [6.45, 7) is 3.04. The van der Waals surface area contributed by atoms with Crippen molar-refractivity contribution in [3.63, 3.8) is 0 Å². The molecule has 0 aliphatic carbocycles. The van der Waals surface area contributed by atoms with Crippen LogP contribution in [0.4, 0.5) is 0 Å². The average Bonchev–Trinajstić information content (AvgIpc) is 2.53. The average molecular weight is 321 g/mol. The van der Waals surface area contributed by atoms with Crippen molar-refractivity contribution in [2.75, 3.05) is 13.1 Å². The van der Waals surface area contributed by atoms with E-state index in [9.17, 15) is 0 Å². The van der Waals surface area contributed by atoms with Crippen LogP contribution < -0.4 is 0 Å². The summed E-state index contributed by atoms with van der Waals surface area (Å²) in [5.74, 6) is 0.680. The molecule has 1 saturated heterocycles. The van der Waals surface area contributed by atoms with Crippen LogP contribution in [0.25, 0.3) is 0 Å². The standard InChI is InChI=1S/C17H18Cl2N2/c18-16-15(6-9-20-17(16)19)12-21-10-7-14(8-11-21)13-4-2-1-3-5-13/h1-6,9,14H,7-8,10-12H2. The molecule has 2 aromatic rings. The molecule has 0 amide bonds. The van der Waals surface area contributed by atoms with Gasteiger partial charge < -0.3 is 0 Å². The van der Waals surface area contributed by atoms with Crippen LogP contribution in [0.5, 0.6) is 0 Å². The second-order valence-electron chi connectivity index (χ2n) is 5.54. The SMILES string of the molecule is Clc1nccc(CN2CCC(c3ccccc3)CC2)c1Cl. The van der Waals surface area contributed by atoms with Crippen LogP contribution in [0.2, 0.25) is 10.2 Å². The molecule has 21 heavy (non-hydrogen) atoms. The molecule has 0 N–H and O–H groups in total. The number of pyridine rings is 1. The third kappa shape index (κ3) is 3.57. The van der Waals surface area contributed by atoms with Gasteiger partial charge in [-0.3, -0.25) is 4.90 Å². The zero-order chi connectivity index (χ0) is 14.7. The van der Waals surface area contributed by atoms with Crippen molar-refractivity contribution in [3.8, 4) is 0 Å². The largest absolute Gasteiger partial charge is 0.299 e. The van der Waals surface area contributed by atoms with Crippen molar-refractivity contribution in [1.82, 2.24) is 9.88 Å². The fraction of sp³-hybridized carbons (Fsp3) is 0.353. The van der Waals surface area contributed by atoms with Gasteiger partial charge in [0.2, 0.25) is 0 Å². The number of hydrogen-bond acceptors (Lipinski definition) is 2. The van der Waals surface area contributed by atoms with Gasteiger partial charge in [-0.05, 0) is 49.0 Å². The van der Waals surface area contributed by atoms with Gasteiger partial charge in [-0.15, -0.1) is 0 Å². The molecular formula is C17H18Cl2N2. The predicted molar refractivity (Wildman–Crippen MR) is 88.0 cm³/mol. The van der Waals surface area contributed by atoms with Crippen LogP contribution in [0.15, 0.2) is 42.6 Å². The quantitative estimate of drug-likeness (QED) is 0.757. The summed E-state index contributed by atoms with van der Waals surface area (Å²) in [5.41, 5.74) is 2.52. The molecule has 1 aliphatic heterocycles. The highest BCUT2D eigenvalue weighted by atomic mass is 35.5. The Morgan fingerprint density at radius 3 is 2.48 bits per heavy atom. The van der Waals surface area contributed by atoms with Crippen molar-refractivity contribution in [3.05, 3.63) is 63.9 Å². The van der Waals surface area contributed by atoms with Crippen LogP contribution in [-0.2, 0) is 6.54 Å². The van der Waals surface area contributed by atoms with E-state index in [-0.39, 0.29) is 0 Å². The van der Waals surface area contributed by atoms with Crippen LogP contribution in [0.1, 0.15) is 29.9 Å². The van der Waals surface area contributed by atoms with Crippen molar-refractivity contribution in [2.45, 2.75) is 25.3 Å². The Bertz CT molecular complexity index is 593. The minimum atomic E-state index is 0.397. The maximum Gasteiger partial charge on any atom is 0.147 e. The van der Waals surface area contributed by atoms with Gasteiger partial charge in [0.15, 0.2) is 0 Å². The van der Waals surface area contributed by atoms with E-state index < -0.39 is 0 Å². The molecule has 1 aromatic heterocycles. The van der Waals surface area contributed by atoms with E-state index in [0.29, 0.717) is 16.1 Å². The number of halogens is 2. The fourth-order valence-electron chi connectivity index (χ4n) is 2.97. The molecule has 0 radical (unpaired) electrons. The summed E-state index contributed by atoms with van der Waals surface area (Å²) >= 11 is 12.2. The van der Waals surface area contributed by atoms with E-state index in [2.05, 4.69) is 40.2 Å². The molecule has 2 nitrogen and oxygen atoms in total. The monoisotopic (exact) mass is 320 g/mol. The summed E-state index contributed by atoms with van der Waals surface area (Å²) < 4.78 is 0. The molecule has 3 rings (SSSR count). The Morgan fingerprint density at radius 2 is 1.76 bits per heavy atom. The van der Waals surface area contributed by atoms with Crippen LogP contribution in [0.3, 0.4) is 0 Å². The summed E-state index contributed by atoms with van der Waals surface area (Å²) in [4.78, 5) is 6.44. The minimum Gasteiger partial charge on any atom is -0.299 e. The lowest BCUT2D eigenvalue weighted by atomic mass is 9.89. The second-order valence-corrected chi connectivity index (χ2v) is 6.27. The first kappa shape index (κ1) is 14.8. The lowest BCUT2D eigenvalue weighted by molar-refractivity contribution is 0.204. The first-order chi connectivity index (χ1) is 10.2. The number of benzene rings is 1. The molecule has 0 saturated carbocycles. The van der Waals surface area contributed by atoms with Gasteiger partial charge in [-0.25, -0.2) is 4.98 Å². The van der Waals surface area contributed by atoms with Gasteiger partial charge in [0.05, 0.1) is 5.02 Å². The third-order valence-corrected chi connectivity index (χ3v) is 4.98. The second kappa shape index (κ2) is 6.78. The molecule has 0 unspecified atom stereocenters. The zero-order valence-electron chi connectivity index (χ0n) is 11.8. The van der Waals surface area contributed by atoms with Gasteiger partial charge in [-0.2, -0.15) is 0 Å². The Labute approximate surface area is 135 Å². The highest BCUT2D eigenvalue weighted by molar-refractivity contribution is 6.41. The fourth-order valence-corrected chi connectivity index (χ4v) is 3.32. The molecule has 0 atom stereocenters. The Hall–Kier alpha value is -1.09. The Balaban J connectivity index is 1.60. The number of piperidine rings is 1. The Kier molecular flexibility index (Phi) is 4.79. The van der Waals surface area contributed by atoms with E-state index in [1.807, 2.05) is 6.07 Å². The van der Waals surface area contributed by atoms with E-state index in [1.165, 1.54) is 18.4 Å². The summed E-state index contributed by atoms with van der Waals surface area (Å²) in [7, 11) is 0. The van der Waals surface area contributed by atoms with Crippen LogP contribution in [-0.4, -0.2) is 23.0 Å². The number of aromatic nitrogens is 1. The summed E-state index contributed by atoms with van der Waals surface area (Å²) in [6.07, 6.45) is 4.11. The molecule has 1 fully saturated rings. The van der Waals surface area contributed by atoms with Crippen LogP contribution in [0, 0.1) is 0 Å². The van der Waals surface area contributed by atoms with E-state index in [0.717, 1.165) is 25.2 Å². The van der Waals surface area contributed by atoms with E-state index in [4.69, 9.17) is 23.2 Å². The zero-order valence-corrected chi connectivity index (χ0v) is 13.3. The van der Waals surface area contributed by atoms with Crippen molar-refractivity contribution in [1.29, 1.82) is 0 Å². The maximum atomic E-state index is 6.22. The molecule has 2 heterocycles. The van der Waals surface area contributed by atoms with Gasteiger partial charge in [0.25, 0.3) is 0 Å². The maximum absolute atomic E-state index is 6.22. The molecule has 1 aromatic carbocycles. The van der Waals surface area contributed by atoms with Gasteiger partial charge in [0.1, 0.15) is 5.15 Å². The topological polar surface area (TPSA) is 16.1 Å². The first-order valence-electron chi connectivity index (χ1n) is 7.30. The number of rotatable bonds is 3. The highest BCUT2D eigenvalue weighted by Crippen LogP contribution is 2.30. The minimum absolute atomic E-state index is 0.397. The number of nitrogens with zero attached hydrogens (tertiary/aromatic N) is 2. The van der Waals surface area contributed by atoms with Crippen molar-refractivity contribution in [2.24, 2.45) is 0 Å². The molecule has 1 aliphatic rings. The molecule has 4 heteroatoms. The highest BCUT2D eigenvalue weighted by Gasteiger charge is 2.21. The predicted octanol–water partition coefficient (Wildman–Crippen LogP) is 4.77. The van der Waals surface area contributed by atoms with Crippen molar-refractivity contribution >= 4 is 23.2 Å². The van der Waals surface area contributed by atoms with Crippen LogP contribution >= 0.6 is 23.2 Å². The lowest BCUT2D eigenvalue weighted by Gasteiger charge is -2.32. The van der Waals surface area contributed by atoms with Gasteiger partial charge in [-0.1, -0.05) is 53.5 Å². The van der Waals surface area contributed by atoms with Gasteiger partial charge >= 0.3 is 0 Å². The van der Waals surface area contributed by atoms with E-state index >= 15 is 0 Å². The summed E-state index contributed by atoms with van der Waals surface area (Å²) in [6, 6.07) is 12.8. The Morgan fingerprint density at radius 1 is 1.05 bits per heavy atom. The lowest BCUT2D eigenvalue weighted by Crippen LogP contribution is -2.32. The first-order valence-corrected chi connectivity index (χ1v) is 8.06. The third-order valence-electron chi connectivity index (χ3n) is 4.18. The smallest absolute Gasteiger partial charge is 0.147 e. The number of hydrogen-bond donors (Lipinski definition) is 0. The molecule has 0 bridgehead atoms. The molecule has 0 spiro atoms.